The molecule has 0 aliphatic rings. The molecular weight excluding hydrogens is 377 g/mol. The van der Waals surface area contributed by atoms with Gasteiger partial charge in [-0.15, -0.1) is 0 Å². The Morgan fingerprint density at radius 1 is 1.21 bits per heavy atom. The summed E-state index contributed by atoms with van der Waals surface area (Å²) in [5.74, 6) is 0.318. The second-order valence-electron chi connectivity index (χ2n) is 6.73. The highest BCUT2D eigenvalue weighted by molar-refractivity contribution is 6.33. The number of ether oxygens (including phenoxy) is 1. The molecule has 0 radical (unpaired) electrons. The topological polar surface area (TPSA) is 69.0 Å². The van der Waals surface area contributed by atoms with Crippen molar-refractivity contribution >= 4 is 19.1 Å². The van der Waals surface area contributed by atoms with Crippen molar-refractivity contribution in [3.63, 3.8) is 0 Å². The molecule has 0 bridgehead atoms. The fourth-order valence-corrected chi connectivity index (χ4v) is 2.98. The van der Waals surface area contributed by atoms with E-state index in [0.717, 1.165) is 11.6 Å². The van der Waals surface area contributed by atoms with E-state index in [4.69, 9.17) is 4.74 Å². The number of nitrogens with zero attached hydrogens (tertiary/aromatic N) is 3. The van der Waals surface area contributed by atoms with Crippen LogP contribution in [0.15, 0.2) is 35.3 Å². The summed E-state index contributed by atoms with van der Waals surface area (Å²) in [6, 6.07) is 5.02. The normalized spacial score (nSPS) is 10.8. The highest BCUT2D eigenvalue weighted by Gasteiger charge is 2.14. The number of halogens is 2. The van der Waals surface area contributed by atoms with Crippen LogP contribution in [-0.4, -0.2) is 29.4 Å². The lowest BCUT2D eigenvalue weighted by atomic mass is 9.96. The second kappa shape index (κ2) is 8.42. The third kappa shape index (κ3) is 4.44. The van der Waals surface area contributed by atoms with Crippen LogP contribution in [0.3, 0.4) is 0 Å². The minimum absolute atomic E-state index is 0.106. The molecule has 9 heteroatoms. The molecule has 0 unspecified atom stereocenters. The average Bonchev–Trinajstić information content (AvgIpc) is 2.68. The molecule has 0 atom stereocenters. The Hall–Kier alpha value is -3.23. The molecule has 3 aromatic rings. The van der Waals surface area contributed by atoms with Gasteiger partial charge < -0.3 is 14.6 Å². The quantitative estimate of drug-likeness (QED) is 0.637. The van der Waals surface area contributed by atoms with Crippen molar-refractivity contribution in [2.24, 2.45) is 0 Å². The third-order valence-electron chi connectivity index (χ3n) is 4.65. The zero-order chi connectivity index (χ0) is 21.1. The van der Waals surface area contributed by atoms with E-state index in [1.54, 1.807) is 45.6 Å². The van der Waals surface area contributed by atoms with Gasteiger partial charge in [-0.05, 0) is 32.0 Å². The summed E-state index contributed by atoms with van der Waals surface area (Å²) in [5.41, 5.74) is 1.85. The number of pyridine rings is 1. The van der Waals surface area contributed by atoms with Gasteiger partial charge in [0.05, 0.1) is 6.54 Å². The number of aryl methyl sites for hydroxylation is 2. The summed E-state index contributed by atoms with van der Waals surface area (Å²) in [4.78, 5) is 21.4. The van der Waals surface area contributed by atoms with Crippen molar-refractivity contribution in [2.75, 3.05) is 12.4 Å². The first-order valence-electron chi connectivity index (χ1n) is 9.08. The van der Waals surface area contributed by atoms with Gasteiger partial charge >= 0.3 is 0 Å². The van der Waals surface area contributed by atoms with Crippen LogP contribution in [-0.2, 0) is 13.2 Å². The number of hydrogen-bond acceptors (Lipinski definition) is 5. The number of rotatable bonds is 6. The van der Waals surface area contributed by atoms with Gasteiger partial charge in [0.25, 0.3) is 0 Å². The van der Waals surface area contributed by atoms with Crippen molar-refractivity contribution in [2.45, 2.75) is 27.0 Å². The van der Waals surface area contributed by atoms with Crippen LogP contribution < -0.4 is 21.1 Å². The molecule has 0 spiro atoms. The number of benzene rings is 1. The van der Waals surface area contributed by atoms with Crippen molar-refractivity contribution in [3.05, 3.63) is 75.1 Å². The summed E-state index contributed by atoms with van der Waals surface area (Å²) in [6.45, 7) is 3.78. The lowest BCUT2D eigenvalue weighted by Gasteiger charge is -2.17. The van der Waals surface area contributed by atoms with Crippen LogP contribution in [0.4, 0.5) is 14.6 Å². The van der Waals surface area contributed by atoms with Gasteiger partial charge in [-0.2, -0.15) is 0 Å². The molecule has 0 saturated heterocycles. The summed E-state index contributed by atoms with van der Waals surface area (Å²) < 4.78 is 34.1. The summed E-state index contributed by atoms with van der Waals surface area (Å²) in [7, 11) is 3.41. The van der Waals surface area contributed by atoms with Crippen molar-refractivity contribution < 1.29 is 13.5 Å². The Bertz CT molecular complexity index is 1120. The van der Waals surface area contributed by atoms with Gasteiger partial charge in [0.15, 0.2) is 7.85 Å². The van der Waals surface area contributed by atoms with E-state index in [0.29, 0.717) is 35.1 Å². The van der Waals surface area contributed by atoms with Crippen LogP contribution >= 0.6 is 0 Å². The first-order valence-corrected chi connectivity index (χ1v) is 9.08. The largest absolute Gasteiger partial charge is 0.489 e. The zero-order valence-electron chi connectivity index (χ0n) is 16.7. The van der Waals surface area contributed by atoms with E-state index in [2.05, 4.69) is 15.3 Å². The van der Waals surface area contributed by atoms with Crippen molar-refractivity contribution in [3.8, 4) is 5.75 Å². The first-order chi connectivity index (χ1) is 13.8. The highest BCUT2D eigenvalue weighted by atomic mass is 19.1. The average molecular weight is 398 g/mol. The molecule has 0 aliphatic heterocycles. The number of anilines is 1. The predicted octanol–water partition coefficient (Wildman–Crippen LogP) is 1.46. The molecule has 3 rings (SSSR count). The van der Waals surface area contributed by atoms with Crippen LogP contribution in [0.5, 0.6) is 5.75 Å². The van der Waals surface area contributed by atoms with Gasteiger partial charge in [-0.3, -0.25) is 4.79 Å². The molecule has 6 nitrogen and oxygen atoms in total. The Labute approximate surface area is 168 Å². The Kier molecular flexibility index (Phi) is 5.96. The van der Waals surface area contributed by atoms with Crippen molar-refractivity contribution in [1.29, 1.82) is 0 Å². The minimum atomic E-state index is -0.688. The zero-order valence-corrected chi connectivity index (χ0v) is 16.7. The number of hydrogen-bond donors (Lipinski definition) is 1. The SMILES string of the molecule is Bc1c(OCc2ccc(F)cc2F)cc(C)n(Cc2cnc(C)nc2NC)c1=O. The van der Waals surface area contributed by atoms with E-state index in [-0.39, 0.29) is 17.7 Å². The van der Waals surface area contributed by atoms with Crippen molar-refractivity contribution in [1.82, 2.24) is 14.5 Å². The molecular formula is C20H21BF2N4O2. The fourth-order valence-electron chi connectivity index (χ4n) is 2.98. The fraction of sp³-hybridized carbons (Fsp3) is 0.250. The van der Waals surface area contributed by atoms with Gasteiger partial charge in [0.2, 0.25) is 5.56 Å². The molecule has 0 amide bonds. The number of aromatic nitrogens is 3. The van der Waals surface area contributed by atoms with E-state index < -0.39 is 11.6 Å². The second-order valence-corrected chi connectivity index (χ2v) is 6.73. The molecule has 1 N–H and O–H groups in total. The van der Waals surface area contributed by atoms with Crippen LogP contribution in [0, 0.1) is 25.5 Å². The van der Waals surface area contributed by atoms with Gasteiger partial charge in [-0.1, -0.05) is 0 Å². The van der Waals surface area contributed by atoms with Crippen LogP contribution in [0.25, 0.3) is 0 Å². The standard InChI is InChI=1S/C20H21BF2N4O2/c1-11-6-17(29-10-13-4-5-15(22)7-16(13)23)18(21)20(28)27(11)9-14-8-25-12(2)26-19(14)24-3/h4-8H,9-10,21H2,1-3H3,(H,24,25,26). The number of nitrogens with one attached hydrogen (secondary N) is 1. The van der Waals surface area contributed by atoms with E-state index >= 15 is 0 Å². The Balaban J connectivity index is 1.87. The molecule has 29 heavy (non-hydrogen) atoms. The maximum absolute atomic E-state index is 13.8. The molecule has 1 aromatic carbocycles. The van der Waals surface area contributed by atoms with Gasteiger partial charge in [-0.25, -0.2) is 18.7 Å². The summed E-state index contributed by atoms with van der Waals surface area (Å²) >= 11 is 0. The molecule has 2 heterocycles. The van der Waals surface area contributed by atoms with Crippen LogP contribution in [0.2, 0.25) is 0 Å². The van der Waals surface area contributed by atoms with Gasteiger partial charge in [0.1, 0.15) is 35.6 Å². The highest BCUT2D eigenvalue weighted by Crippen LogP contribution is 2.16. The maximum atomic E-state index is 13.8. The Morgan fingerprint density at radius 3 is 2.66 bits per heavy atom. The lowest BCUT2D eigenvalue weighted by molar-refractivity contribution is 0.300. The van der Waals surface area contributed by atoms with E-state index in [1.165, 1.54) is 12.1 Å². The monoisotopic (exact) mass is 398 g/mol. The lowest BCUT2D eigenvalue weighted by Crippen LogP contribution is -2.37. The minimum Gasteiger partial charge on any atom is -0.489 e. The van der Waals surface area contributed by atoms with Gasteiger partial charge in [0, 0.05) is 41.6 Å². The summed E-state index contributed by atoms with van der Waals surface area (Å²) in [6.07, 6.45) is 1.69. The Morgan fingerprint density at radius 2 is 1.97 bits per heavy atom. The molecule has 2 aromatic heterocycles. The van der Waals surface area contributed by atoms with E-state index in [1.807, 2.05) is 0 Å². The third-order valence-corrected chi connectivity index (χ3v) is 4.65. The molecule has 150 valence electrons. The van der Waals surface area contributed by atoms with Crippen LogP contribution in [0.1, 0.15) is 22.6 Å². The molecule has 0 fully saturated rings. The first kappa shape index (κ1) is 20.5. The molecule has 0 aliphatic carbocycles. The van der Waals surface area contributed by atoms with E-state index in [9.17, 15) is 13.6 Å². The summed E-state index contributed by atoms with van der Waals surface area (Å²) in [5, 5.41) is 3.02. The maximum Gasteiger partial charge on any atom is 0.248 e. The molecule has 0 saturated carbocycles. The smallest absolute Gasteiger partial charge is 0.248 e. The predicted molar refractivity (Wildman–Crippen MR) is 110 cm³/mol.